The fourth-order valence-corrected chi connectivity index (χ4v) is 2.07. The molecule has 3 heteroatoms. The summed E-state index contributed by atoms with van der Waals surface area (Å²) in [6.07, 6.45) is 1.03. The third-order valence-electron chi connectivity index (χ3n) is 3.30. The van der Waals surface area contributed by atoms with Gasteiger partial charge in [-0.25, -0.2) is 0 Å². The molecule has 0 fully saturated rings. The largest absolute Gasteiger partial charge is 0.496 e. The molecule has 2 aromatic carbocycles. The smallest absolute Gasteiger partial charge is 0.123 e. The first-order chi connectivity index (χ1) is 9.74. The van der Waals surface area contributed by atoms with Crippen LogP contribution in [0.5, 0.6) is 11.5 Å². The summed E-state index contributed by atoms with van der Waals surface area (Å²) in [5.41, 5.74) is 8.43. The van der Waals surface area contributed by atoms with Crippen molar-refractivity contribution in [2.24, 2.45) is 5.73 Å². The van der Waals surface area contributed by atoms with Gasteiger partial charge in [-0.15, -0.1) is 0 Å². The van der Waals surface area contributed by atoms with Gasteiger partial charge in [-0.05, 0) is 30.2 Å². The zero-order valence-electron chi connectivity index (χ0n) is 12.0. The number of hydrogen-bond donors (Lipinski definition) is 1. The van der Waals surface area contributed by atoms with E-state index in [9.17, 15) is 0 Å². The van der Waals surface area contributed by atoms with Gasteiger partial charge in [0, 0.05) is 5.56 Å². The third-order valence-corrected chi connectivity index (χ3v) is 3.30. The maximum Gasteiger partial charge on any atom is 0.123 e. The van der Waals surface area contributed by atoms with Gasteiger partial charge in [0.25, 0.3) is 0 Å². The first-order valence-corrected chi connectivity index (χ1v) is 6.84. The molecular formula is C17H21NO2. The van der Waals surface area contributed by atoms with Crippen molar-refractivity contribution >= 4 is 0 Å². The summed E-state index contributed by atoms with van der Waals surface area (Å²) in [6.45, 7) is 2.55. The molecule has 0 heterocycles. The highest BCUT2D eigenvalue weighted by atomic mass is 16.5. The Morgan fingerprint density at radius 3 is 2.40 bits per heavy atom. The molecule has 20 heavy (non-hydrogen) atoms. The summed E-state index contributed by atoms with van der Waals surface area (Å²) in [5, 5.41) is 0. The van der Waals surface area contributed by atoms with Crippen LogP contribution in [0.4, 0.5) is 0 Å². The minimum Gasteiger partial charge on any atom is -0.496 e. The molecule has 1 unspecified atom stereocenters. The molecule has 0 saturated heterocycles. The standard InChI is InChI=1S/C17H21NO2/c1-3-13-8-10-14(11-9-13)20-12-16(18)15-6-4-5-7-17(15)19-2/h4-11,16H,3,12,18H2,1-2H3. The molecule has 0 saturated carbocycles. The van der Waals surface area contributed by atoms with Gasteiger partial charge >= 0.3 is 0 Å². The molecule has 0 radical (unpaired) electrons. The number of rotatable bonds is 6. The number of ether oxygens (including phenoxy) is 2. The molecule has 106 valence electrons. The minimum atomic E-state index is -0.211. The van der Waals surface area contributed by atoms with Crippen molar-refractivity contribution in [3.8, 4) is 11.5 Å². The maximum absolute atomic E-state index is 6.17. The fraction of sp³-hybridized carbons (Fsp3) is 0.294. The Morgan fingerprint density at radius 1 is 1.05 bits per heavy atom. The summed E-state index contributed by atoms with van der Waals surface area (Å²) in [5.74, 6) is 1.64. The van der Waals surface area contributed by atoms with E-state index in [1.807, 2.05) is 36.4 Å². The van der Waals surface area contributed by atoms with E-state index in [0.717, 1.165) is 23.5 Å². The number of benzene rings is 2. The summed E-state index contributed by atoms with van der Waals surface area (Å²) >= 11 is 0. The molecular weight excluding hydrogens is 250 g/mol. The van der Waals surface area contributed by atoms with Crippen molar-refractivity contribution < 1.29 is 9.47 Å². The molecule has 0 aromatic heterocycles. The van der Waals surface area contributed by atoms with Crippen LogP contribution in [0.1, 0.15) is 24.1 Å². The van der Waals surface area contributed by atoms with Crippen LogP contribution in [-0.2, 0) is 6.42 Å². The Balaban J connectivity index is 1.98. The van der Waals surface area contributed by atoms with Crippen molar-refractivity contribution in [2.75, 3.05) is 13.7 Å². The van der Waals surface area contributed by atoms with Crippen molar-refractivity contribution in [1.82, 2.24) is 0 Å². The van der Waals surface area contributed by atoms with Crippen LogP contribution >= 0.6 is 0 Å². The molecule has 0 aliphatic rings. The second-order valence-electron chi connectivity index (χ2n) is 4.66. The first-order valence-electron chi connectivity index (χ1n) is 6.84. The van der Waals surface area contributed by atoms with Gasteiger partial charge in [0.05, 0.1) is 13.2 Å². The Labute approximate surface area is 120 Å². The van der Waals surface area contributed by atoms with Crippen molar-refractivity contribution in [1.29, 1.82) is 0 Å². The molecule has 0 aliphatic heterocycles. The number of methoxy groups -OCH3 is 1. The van der Waals surface area contributed by atoms with Gasteiger partial charge in [0.1, 0.15) is 18.1 Å². The van der Waals surface area contributed by atoms with E-state index in [1.54, 1.807) is 7.11 Å². The highest BCUT2D eigenvalue weighted by Crippen LogP contribution is 2.24. The maximum atomic E-state index is 6.17. The average Bonchev–Trinajstić information content (AvgIpc) is 2.53. The zero-order chi connectivity index (χ0) is 14.4. The molecule has 2 rings (SSSR count). The highest BCUT2D eigenvalue weighted by molar-refractivity contribution is 5.36. The predicted octanol–water partition coefficient (Wildman–Crippen LogP) is 3.34. The van der Waals surface area contributed by atoms with Crippen LogP contribution in [0.2, 0.25) is 0 Å². The Hall–Kier alpha value is -2.00. The summed E-state index contributed by atoms with van der Waals surface area (Å²) in [6, 6.07) is 15.7. The van der Waals surface area contributed by atoms with Crippen LogP contribution in [0.25, 0.3) is 0 Å². The van der Waals surface area contributed by atoms with Crippen molar-refractivity contribution in [2.45, 2.75) is 19.4 Å². The monoisotopic (exact) mass is 271 g/mol. The van der Waals surface area contributed by atoms with E-state index in [2.05, 4.69) is 19.1 Å². The van der Waals surface area contributed by atoms with E-state index < -0.39 is 0 Å². The van der Waals surface area contributed by atoms with Crippen molar-refractivity contribution in [3.63, 3.8) is 0 Å². The number of nitrogens with two attached hydrogens (primary N) is 1. The van der Waals surface area contributed by atoms with Crippen LogP contribution in [0, 0.1) is 0 Å². The molecule has 2 aromatic rings. The normalized spacial score (nSPS) is 11.9. The molecule has 2 N–H and O–H groups in total. The lowest BCUT2D eigenvalue weighted by atomic mass is 10.1. The van der Waals surface area contributed by atoms with Crippen LogP contribution < -0.4 is 15.2 Å². The van der Waals surface area contributed by atoms with Gasteiger partial charge in [-0.3, -0.25) is 0 Å². The summed E-state index contributed by atoms with van der Waals surface area (Å²) in [7, 11) is 1.65. The van der Waals surface area contributed by atoms with Crippen LogP contribution in [0.3, 0.4) is 0 Å². The van der Waals surface area contributed by atoms with Gasteiger partial charge in [0.15, 0.2) is 0 Å². The second kappa shape index (κ2) is 6.96. The molecule has 0 spiro atoms. The topological polar surface area (TPSA) is 44.5 Å². The number of hydrogen-bond acceptors (Lipinski definition) is 3. The lowest BCUT2D eigenvalue weighted by Gasteiger charge is -2.16. The number of para-hydroxylation sites is 1. The van der Waals surface area contributed by atoms with Gasteiger partial charge in [-0.1, -0.05) is 37.3 Å². The SMILES string of the molecule is CCc1ccc(OCC(N)c2ccccc2OC)cc1. The summed E-state index contributed by atoms with van der Waals surface area (Å²) < 4.78 is 11.1. The Bertz CT molecular complexity index is 537. The van der Waals surface area contributed by atoms with Gasteiger partial charge in [-0.2, -0.15) is 0 Å². The molecule has 0 amide bonds. The third kappa shape index (κ3) is 3.52. The molecule has 3 nitrogen and oxygen atoms in total. The second-order valence-corrected chi connectivity index (χ2v) is 4.66. The van der Waals surface area contributed by atoms with Gasteiger partial charge in [0.2, 0.25) is 0 Å². The Kier molecular flexibility index (Phi) is 5.02. The Morgan fingerprint density at radius 2 is 1.75 bits per heavy atom. The van der Waals surface area contributed by atoms with E-state index >= 15 is 0 Å². The lowest BCUT2D eigenvalue weighted by molar-refractivity contribution is 0.286. The molecule has 0 aliphatic carbocycles. The molecule has 1 atom stereocenters. The van der Waals surface area contributed by atoms with E-state index in [-0.39, 0.29) is 6.04 Å². The highest BCUT2D eigenvalue weighted by Gasteiger charge is 2.11. The van der Waals surface area contributed by atoms with E-state index in [4.69, 9.17) is 15.2 Å². The minimum absolute atomic E-state index is 0.211. The molecule has 0 bridgehead atoms. The number of aryl methyl sites for hydroxylation is 1. The van der Waals surface area contributed by atoms with Crippen molar-refractivity contribution in [3.05, 3.63) is 59.7 Å². The van der Waals surface area contributed by atoms with E-state index in [0.29, 0.717) is 6.61 Å². The van der Waals surface area contributed by atoms with E-state index in [1.165, 1.54) is 5.56 Å². The summed E-state index contributed by atoms with van der Waals surface area (Å²) in [4.78, 5) is 0. The quantitative estimate of drug-likeness (QED) is 0.876. The van der Waals surface area contributed by atoms with Crippen LogP contribution in [0.15, 0.2) is 48.5 Å². The zero-order valence-corrected chi connectivity index (χ0v) is 12.0. The predicted molar refractivity (Wildman–Crippen MR) is 81.2 cm³/mol. The average molecular weight is 271 g/mol. The first kappa shape index (κ1) is 14.4. The van der Waals surface area contributed by atoms with Crippen LogP contribution in [-0.4, -0.2) is 13.7 Å². The fourth-order valence-electron chi connectivity index (χ4n) is 2.07. The van der Waals surface area contributed by atoms with Gasteiger partial charge < -0.3 is 15.2 Å². The lowest BCUT2D eigenvalue weighted by Crippen LogP contribution is -2.19.